The van der Waals surface area contributed by atoms with Gasteiger partial charge in [0.2, 0.25) is 0 Å². The van der Waals surface area contributed by atoms with E-state index >= 15 is 0 Å². The first kappa shape index (κ1) is 37.1. The molecule has 0 radical (unpaired) electrons. The molecule has 0 saturated heterocycles. The Morgan fingerprint density at radius 1 is 1.00 bits per heavy atom. The van der Waals surface area contributed by atoms with Crippen LogP contribution in [0.5, 0.6) is 0 Å². The van der Waals surface area contributed by atoms with Gasteiger partial charge in [0.05, 0.1) is 0 Å². The van der Waals surface area contributed by atoms with Gasteiger partial charge in [0.1, 0.15) is 0 Å². The maximum atomic E-state index is 0. The molecule has 0 spiro atoms. The van der Waals surface area contributed by atoms with E-state index in [1.165, 1.54) is 0 Å². The first-order valence-electron chi connectivity index (χ1n) is 0. The third-order valence-corrected chi connectivity index (χ3v) is 0. The second-order valence-corrected chi connectivity index (χ2v) is 0. The number of hydrogen-bond acceptors (Lipinski definition) is 0. The Morgan fingerprint density at radius 3 is 1.00 bits per heavy atom. The smallest absolute Gasteiger partial charge is 2.00 e. The van der Waals surface area contributed by atoms with Crippen LogP contribution in [-0.4, -0.2) is 17.1 Å². The van der Waals surface area contributed by atoms with E-state index in [4.69, 9.17) is 0 Å². The fourth-order valence-corrected chi connectivity index (χ4v) is 0. The molecule has 0 N–H and O–H groups in total. The van der Waals surface area contributed by atoms with Gasteiger partial charge in [-0.2, -0.15) is 0 Å². The summed E-state index contributed by atoms with van der Waals surface area (Å²) in [5.74, 6) is 0. The van der Waals surface area contributed by atoms with Crippen molar-refractivity contribution in [3.8, 4) is 0 Å². The Kier molecular flexibility index (Phi) is 184. The summed E-state index contributed by atoms with van der Waals surface area (Å²) in [4.78, 5) is 0. The van der Waals surface area contributed by atoms with Gasteiger partial charge in [-0.3, -0.25) is 0 Å². The molecule has 0 atom stereocenters. The van der Waals surface area contributed by atoms with E-state index in [-0.39, 0.29) is 69.3 Å². The topological polar surface area (TPSA) is 28.5 Å². The second kappa shape index (κ2) is 19.9. The van der Waals surface area contributed by atoms with Crippen molar-refractivity contribution < 1.29 is 52.3 Å². The SMILES string of the molecule is [Cd+2].[O-2].[Se-2].[Zn+2]. The third-order valence-electron chi connectivity index (χ3n) is 0. The van der Waals surface area contributed by atoms with Crippen molar-refractivity contribution in [2.24, 2.45) is 0 Å². The summed E-state index contributed by atoms with van der Waals surface area (Å²) in [6, 6.07) is 0. The fraction of sp³-hybridized carbons (Fsp3) is 0. The van der Waals surface area contributed by atoms with Crippen molar-refractivity contribution in [3.05, 3.63) is 0 Å². The molecule has 0 fully saturated rings. The molecule has 0 heterocycles. The Morgan fingerprint density at radius 2 is 1.00 bits per heavy atom. The summed E-state index contributed by atoms with van der Waals surface area (Å²) >= 11 is 0. The molecule has 16 valence electrons. The van der Waals surface area contributed by atoms with Gasteiger partial charge in [0, 0.05) is 0 Å². The zero-order chi connectivity index (χ0) is 0. The van der Waals surface area contributed by atoms with E-state index in [1.54, 1.807) is 0 Å². The quantitative estimate of drug-likeness (QED) is 0.532. The van der Waals surface area contributed by atoms with Gasteiger partial charge in [-0.05, 0) is 0 Å². The standard InChI is InChI=1S/Cd.O.Se.Zn/q+2;2*-2;+2. The first-order valence-corrected chi connectivity index (χ1v) is 0. The number of rotatable bonds is 0. The first-order chi connectivity index (χ1) is 0. The minimum absolute atomic E-state index is 0. The summed E-state index contributed by atoms with van der Waals surface area (Å²) in [7, 11) is 0. The predicted molar refractivity (Wildman–Crippen MR) is 6.44 cm³/mol. The maximum absolute atomic E-state index is 0. The molecule has 0 aliphatic rings. The minimum atomic E-state index is 0. The van der Waals surface area contributed by atoms with Gasteiger partial charge in [0.15, 0.2) is 0 Å². The monoisotopic (exact) mass is 274 g/mol. The van der Waals surface area contributed by atoms with Crippen LogP contribution in [0, 0.1) is 0 Å². The van der Waals surface area contributed by atoms with E-state index in [1.807, 2.05) is 0 Å². The van der Waals surface area contributed by atoms with Crippen LogP contribution in [0.2, 0.25) is 0 Å². The van der Waals surface area contributed by atoms with Gasteiger partial charge in [-0.15, -0.1) is 0 Å². The molecule has 4 heteroatoms. The second-order valence-electron chi connectivity index (χ2n) is 0. The normalized spacial score (nSPS) is 0. The van der Waals surface area contributed by atoms with Crippen LogP contribution in [0.4, 0.5) is 0 Å². The molecule has 0 unspecified atom stereocenters. The van der Waals surface area contributed by atoms with Crippen molar-refractivity contribution in [1.29, 1.82) is 0 Å². The Labute approximate surface area is 68.6 Å². The molecular weight excluding hydrogens is 273 g/mol. The van der Waals surface area contributed by atoms with Crippen LogP contribution in [-0.2, 0) is 52.3 Å². The molecule has 0 aromatic rings. The van der Waals surface area contributed by atoms with Crippen LogP contribution in [0.25, 0.3) is 0 Å². The van der Waals surface area contributed by atoms with E-state index in [0.717, 1.165) is 0 Å². The van der Waals surface area contributed by atoms with Crippen LogP contribution < -0.4 is 0 Å². The molecule has 0 aliphatic heterocycles. The fourth-order valence-electron chi connectivity index (χ4n) is 0. The van der Waals surface area contributed by atoms with Crippen LogP contribution in [0.1, 0.15) is 0 Å². The van der Waals surface area contributed by atoms with Crippen molar-refractivity contribution in [1.82, 2.24) is 0 Å². The van der Waals surface area contributed by atoms with Crippen LogP contribution in [0.3, 0.4) is 0 Å². The third kappa shape index (κ3) is 8.98. The molecule has 0 aromatic heterocycles. The average Bonchev–Trinajstić information content (AvgIpc) is 0. The van der Waals surface area contributed by atoms with Gasteiger partial charge in [-0.25, -0.2) is 0 Å². The minimum Gasteiger partial charge on any atom is -2.00 e. The average molecular weight is 273 g/mol. The Hall–Kier alpha value is 2.02. The zero-order valence-electron chi connectivity index (χ0n) is 2.23. The largest absolute Gasteiger partial charge is 2.00 e. The van der Waals surface area contributed by atoms with Crippen LogP contribution in [0.15, 0.2) is 0 Å². The molecule has 0 saturated carbocycles. The number of hydrogen-bond donors (Lipinski definition) is 0. The Balaban J connectivity index is 0. The molecule has 0 aromatic carbocycles. The molecular formula is CdOSeZn. The molecule has 1 nitrogen and oxygen atoms in total. The summed E-state index contributed by atoms with van der Waals surface area (Å²) in [5.41, 5.74) is 0. The van der Waals surface area contributed by atoms with Gasteiger partial charge in [-0.1, -0.05) is 0 Å². The van der Waals surface area contributed by atoms with Crippen molar-refractivity contribution in [3.63, 3.8) is 0 Å². The van der Waals surface area contributed by atoms with E-state index < -0.39 is 0 Å². The van der Waals surface area contributed by atoms with Crippen LogP contribution >= 0.6 is 0 Å². The summed E-state index contributed by atoms with van der Waals surface area (Å²) in [5, 5.41) is 0. The Bertz CT molecular complexity index is 8.00. The van der Waals surface area contributed by atoms with Crippen molar-refractivity contribution >= 4 is 17.1 Å². The van der Waals surface area contributed by atoms with Gasteiger partial charge < -0.3 is 22.5 Å². The van der Waals surface area contributed by atoms with Crippen molar-refractivity contribution in [2.45, 2.75) is 0 Å². The molecule has 0 rings (SSSR count). The zero-order valence-corrected chi connectivity index (χ0v) is 10.9. The molecule has 0 amide bonds. The maximum Gasteiger partial charge on any atom is 2.00 e. The predicted octanol–water partition coefficient (Wildman–Crippen LogP) is -0.505. The van der Waals surface area contributed by atoms with E-state index in [9.17, 15) is 0 Å². The van der Waals surface area contributed by atoms with E-state index in [2.05, 4.69) is 0 Å². The molecule has 0 aliphatic carbocycles. The van der Waals surface area contributed by atoms with Gasteiger partial charge in [0.25, 0.3) is 0 Å². The summed E-state index contributed by atoms with van der Waals surface area (Å²) in [6.45, 7) is 0. The van der Waals surface area contributed by atoms with Gasteiger partial charge >= 0.3 is 46.8 Å². The summed E-state index contributed by atoms with van der Waals surface area (Å²) in [6.07, 6.45) is 0. The summed E-state index contributed by atoms with van der Waals surface area (Å²) < 4.78 is 0. The molecule has 0 bridgehead atoms. The van der Waals surface area contributed by atoms with E-state index in [0.29, 0.717) is 0 Å². The van der Waals surface area contributed by atoms with Crippen molar-refractivity contribution in [2.75, 3.05) is 0 Å². The molecule has 4 heavy (non-hydrogen) atoms.